The van der Waals surface area contributed by atoms with Crippen molar-refractivity contribution >= 4 is 53.3 Å². The van der Waals surface area contributed by atoms with Gasteiger partial charge in [-0.1, -0.05) is 11.6 Å². The lowest BCUT2D eigenvalue weighted by Gasteiger charge is -2.36. The van der Waals surface area contributed by atoms with Crippen LogP contribution in [0.25, 0.3) is 0 Å². The average Bonchev–Trinajstić information content (AvgIpc) is 2.63. The average molecular weight is 500 g/mol. The number of nitrogens with zero attached hydrogens (tertiary/aromatic N) is 1. The number of rotatable bonds is 7. The number of hydrogen-bond donors (Lipinski definition) is 2. The molecule has 0 amide bonds. The highest BCUT2D eigenvalue weighted by Crippen LogP contribution is 2.23. The van der Waals surface area contributed by atoms with E-state index in [0.29, 0.717) is 0 Å². The van der Waals surface area contributed by atoms with Crippen LogP contribution in [0.1, 0.15) is 12.8 Å². The molecule has 1 aromatic carbocycles. The SMILES string of the molecule is CN=C(NCCSc1ccc(Cl)cc1)NCC1(OC)CCOCC1.I. The van der Waals surface area contributed by atoms with Crippen molar-refractivity contribution in [3.05, 3.63) is 29.3 Å². The van der Waals surface area contributed by atoms with Crippen molar-refractivity contribution in [2.45, 2.75) is 23.3 Å². The van der Waals surface area contributed by atoms with Gasteiger partial charge in [-0.15, -0.1) is 35.7 Å². The van der Waals surface area contributed by atoms with Crippen LogP contribution in [0, 0.1) is 0 Å². The van der Waals surface area contributed by atoms with Gasteiger partial charge < -0.3 is 20.1 Å². The number of halogens is 2. The van der Waals surface area contributed by atoms with Gasteiger partial charge in [0.25, 0.3) is 0 Å². The third-order valence-corrected chi connectivity index (χ3v) is 5.38. The van der Waals surface area contributed by atoms with Crippen LogP contribution in [0.5, 0.6) is 0 Å². The van der Waals surface area contributed by atoms with Crippen molar-refractivity contribution in [2.75, 3.05) is 46.2 Å². The van der Waals surface area contributed by atoms with Gasteiger partial charge in [0.2, 0.25) is 0 Å². The Bertz CT molecular complexity index is 525. The number of guanidine groups is 1. The molecule has 1 fully saturated rings. The second-order valence-electron chi connectivity index (χ2n) is 5.65. The molecule has 5 nitrogen and oxygen atoms in total. The predicted molar refractivity (Wildman–Crippen MR) is 117 cm³/mol. The zero-order valence-electron chi connectivity index (χ0n) is 14.7. The van der Waals surface area contributed by atoms with Gasteiger partial charge in [-0.3, -0.25) is 4.99 Å². The maximum absolute atomic E-state index is 5.89. The topological polar surface area (TPSA) is 54.9 Å². The number of benzene rings is 1. The van der Waals surface area contributed by atoms with E-state index in [-0.39, 0.29) is 29.6 Å². The van der Waals surface area contributed by atoms with Gasteiger partial charge in [0.1, 0.15) is 0 Å². The van der Waals surface area contributed by atoms with Crippen LogP contribution in [-0.4, -0.2) is 57.8 Å². The van der Waals surface area contributed by atoms with Gasteiger partial charge in [-0.2, -0.15) is 0 Å². The Kier molecular flexibility index (Phi) is 11.2. The van der Waals surface area contributed by atoms with Crippen LogP contribution < -0.4 is 10.6 Å². The summed E-state index contributed by atoms with van der Waals surface area (Å²) in [7, 11) is 3.55. The lowest BCUT2D eigenvalue weighted by Crippen LogP contribution is -2.51. The summed E-state index contributed by atoms with van der Waals surface area (Å²) in [6, 6.07) is 7.90. The Morgan fingerprint density at radius 1 is 1.28 bits per heavy atom. The number of thioether (sulfide) groups is 1. The Balaban J connectivity index is 0.00000312. The highest BCUT2D eigenvalue weighted by molar-refractivity contribution is 14.0. The Hall–Kier alpha value is -0.220. The maximum Gasteiger partial charge on any atom is 0.191 e. The first kappa shape index (κ1) is 22.8. The monoisotopic (exact) mass is 499 g/mol. The van der Waals surface area contributed by atoms with Crippen LogP contribution >= 0.6 is 47.3 Å². The predicted octanol–water partition coefficient (Wildman–Crippen LogP) is 3.41. The van der Waals surface area contributed by atoms with Gasteiger partial charge >= 0.3 is 0 Å². The molecule has 2 rings (SSSR count). The Morgan fingerprint density at radius 2 is 1.96 bits per heavy atom. The lowest BCUT2D eigenvalue weighted by atomic mass is 9.94. The largest absolute Gasteiger partial charge is 0.381 e. The third kappa shape index (κ3) is 7.90. The van der Waals surface area contributed by atoms with E-state index in [2.05, 4.69) is 15.6 Å². The fourth-order valence-corrected chi connectivity index (χ4v) is 3.43. The van der Waals surface area contributed by atoms with Crippen LogP contribution in [0.3, 0.4) is 0 Å². The first-order chi connectivity index (χ1) is 11.7. The first-order valence-corrected chi connectivity index (χ1v) is 9.50. The fraction of sp³-hybridized carbons (Fsp3) is 0.588. The van der Waals surface area contributed by atoms with E-state index < -0.39 is 0 Å². The molecule has 1 aliphatic rings. The quantitative estimate of drug-likeness (QED) is 0.198. The Labute approximate surface area is 176 Å². The van der Waals surface area contributed by atoms with E-state index in [9.17, 15) is 0 Å². The van der Waals surface area contributed by atoms with Crippen molar-refractivity contribution < 1.29 is 9.47 Å². The standard InChI is InChI=1S/C17H26ClN3O2S.HI/c1-19-16(21-13-17(22-2)7-10-23-11-8-17)20-9-12-24-15-5-3-14(18)4-6-15;/h3-6H,7-13H2,1-2H3,(H2,19,20,21);1H. The van der Waals surface area contributed by atoms with E-state index in [1.54, 1.807) is 25.9 Å². The minimum absolute atomic E-state index is 0. The highest BCUT2D eigenvalue weighted by atomic mass is 127. The second-order valence-corrected chi connectivity index (χ2v) is 7.26. The van der Waals surface area contributed by atoms with Crippen molar-refractivity contribution in [2.24, 2.45) is 4.99 Å². The summed E-state index contributed by atoms with van der Waals surface area (Å²) in [6.45, 7) is 3.06. The molecule has 0 atom stereocenters. The smallest absolute Gasteiger partial charge is 0.191 e. The maximum atomic E-state index is 5.89. The highest BCUT2D eigenvalue weighted by Gasteiger charge is 2.32. The summed E-state index contributed by atoms with van der Waals surface area (Å²) < 4.78 is 11.2. The van der Waals surface area contributed by atoms with Gasteiger partial charge in [-0.25, -0.2) is 0 Å². The molecule has 25 heavy (non-hydrogen) atoms. The molecule has 0 saturated carbocycles. The molecule has 1 saturated heterocycles. The van der Waals surface area contributed by atoms with E-state index in [4.69, 9.17) is 21.1 Å². The number of hydrogen-bond acceptors (Lipinski definition) is 4. The van der Waals surface area contributed by atoms with Crippen molar-refractivity contribution in [3.8, 4) is 0 Å². The molecular weight excluding hydrogens is 473 g/mol. The summed E-state index contributed by atoms with van der Waals surface area (Å²) in [5.74, 6) is 1.75. The van der Waals surface area contributed by atoms with Crippen LogP contribution in [0.2, 0.25) is 5.02 Å². The minimum atomic E-state index is -0.159. The normalized spacial score (nSPS) is 16.8. The zero-order valence-corrected chi connectivity index (χ0v) is 18.6. The lowest BCUT2D eigenvalue weighted by molar-refractivity contribution is -0.0855. The zero-order chi connectivity index (χ0) is 17.3. The number of methoxy groups -OCH3 is 1. The molecule has 0 aromatic heterocycles. The molecule has 0 spiro atoms. The first-order valence-electron chi connectivity index (χ1n) is 8.13. The van der Waals surface area contributed by atoms with Crippen LogP contribution in [-0.2, 0) is 9.47 Å². The van der Waals surface area contributed by atoms with Crippen molar-refractivity contribution in [1.82, 2.24) is 10.6 Å². The fourth-order valence-electron chi connectivity index (χ4n) is 2.53. The molecule has 0 aliphatic carbocycles. The summed E-state index contributed by atoms with van der Waals surface area (Å²) in [5, 5.41) is 7.47. The van der Waals surface area contributed by atoms with Gasteiger partial charge in [0, 0.05) is 69.0 Å². The summed E-state index contributed by atoms with van der Waals surface area (Å²) in [4.78, 5) is 5.49. The molecule has 1 aromatic rings. The van der Waals surface area contributed by atoms with E-state index in [1.807, 2.05) is 24.3 Å². The molecule has 2 N–H and O–H groups in total. The Morgan fingerprint density at radius 3 is 2.56 bits per heavy atom. The molecule has 142 valence electrons. The van der Waals surface area contributed by atoms with E-state index in [0.717, 1.165) is 55.9 Å². The number of ether oxygens (including phenoxy) is 2. The van der Waals surface area contributed by atoms with Crippen molar-refractivity contribution in [1.29, 1.82) is 0 Å². The van der Waals surface area contributed by atoms with Gasteiger partial charge in [-0.05, 0) is 24.3 Å². The number of aliphatic imine (C=N–C) groups is 1. The van der Waals surface area contributed by atoms with Gasteiger partial charge in [0.05, 0.1) is 5.60 Å². The molecule has 0 radical (unpaired) electrons. The van der Waals surface area contributed by atoms with E-state index >= 15 is 0 Å². The van der Waals surface area contributed by atoms with E-state index in [1.165, 1.54) is 4.90 Å². The molecule has 1 heterocycles. The molecule has 0 bridgehead atoms. The minimum Gasteiger partial charge on any atom is -0.381 e. The molecule has 0 unspecified atom stereocenters. The number of nitrogens with one attached hydrogen (secondary N) is 2. The van der Waals surface area contributed by atoms with Crippen LogP contribution in [0.15, 0.2) is 34.2 Å². The summed E-state index contributed by atoms with van der Waals surface area (Å²) in [5.41, 5.74) is -0.159. The third-order valence-electron chi connectivity index (χ3n) is 4.12. The summed E-state index contributed by atoms with van der Waals surface area (Å²) >= 11 is 7.68. The van der Waals surface area contributed by atoms with Gasteiger partial charge in [0.15, 0.2) is 5.96 Å². The second kappa shape index (κ2) is 12.2. The molecular formula is C17H27ClIN3O2S. The molecule has 8 heteroatoms. The van der Waals surface area contributed by atoms with Crippen molar-refractivity contribution in [3.63, 3.8) is 0 Å². The summed E-state index contributed by atoms with van der Waals surface area (Å²) in [6.07, 6.45) is 1.81. The van der Waals surface area contributed by atoms with Crippen LogP contribution in [0.4, 0.5) is 0 Å². The molecule has 1 aliphatic heterocycles.